The normalized spacial score (nSPS) is 17.8. The van der Waals surface area contributed by atoms with Gasteiger partial charge in [0.05, 0.1) is 12.2 Å². The molecule has 2 heterocycles. The van der Waals surface area contributed by atoms with Gasteiger partial charge in [-0.05, 0) is 31.0 Å². The van der Waals surface area contributed by atoms with Crippen LogP contribution in [-0.2, 0) is 11.3 Å². The van der Waals surface area contributed by atoms with E-state index < -0.39 is 6.10 Å². The quantitative estimate of drug-likeness (QED) is 0.837. The topological polar surface area (TPSA) is 89.3 Å². The number of anilines is 1. The van der Waals surface area contributed by atoms with Crippen LogP contribution in [0.1, 0.15) is 63.4 Å². The molecule has 0 saturated heterocycles. The minimum atomic E-state index is -0.432. The number of fused-ring (bicyclic) bond motifs is 1. The third-order valence-electron chi connectivity index (χ3n) is 4.23. The molecule has 7 heteroatoms. The largest absolute Gasteiger partial charge is 0.478 e. The van der Waals surface area contributed by atoms with Gasteiger partial charge in [0.1, 0.15) is 5.75 Å². The molecular formula is C18H24N4O3. The van der Waals surface area contributed by atoms with Gasteiger partial charge in [-0.3, -0.25) is 4.79 Å². The zero-order valence-corrected chi connectivity index (χ0v) is 15.0. The highest BCUT2D eigenvalue weighted by Gasteiger charge is 2.26. The average molecular weight is 344 g/mol. The molecule has 0 aliphatic carbocycles. The van der Waals surface area contributed by atoms with E-state index in [-0.39, 0.29) is 17.9 Å². The highest BCUT2D eigenvalue weighted by molar-refractivity contribution is 5.97. The monoisotopic (exact) mass is 344 g/mol. The Morgan fingerprint density at radius 3 is 2.76 bits per heavy atom. The number of benzene rings is 1. The molecule has 1 aliphatic rings. The smallest absolute Gasteiger partial charge is 0.265 e. The lowest BCUT2D eigenvalue weighted by Crippen LogP contribution is -2.36. The van der Waals surface area contributed by atoms with E-state index in [9.17, 15) is 4.79 Å². The molecular weight excluding hydrogens is 320 g/mol. The van der Waals surface area contributed by atoms with Gasteiger partial charge in [-0.2, -0.15) is 0 Å². The Balaban J connectivity index is 1.66. The second-order valence-electron chi connectivity index (χ2n) is 6.55. The summed E-state index contributed by atoms with van der Waals surface area (Å²) in [5.74, 6) is 2.05. The van der Waals surface area contributed by atoms with Gasteiger partial charge in [0, 0.05) is 12.0 Å². The van der Waals surface area contributed by atoms with Crippen LogP contribution < -0.4 is 15.4 Å². The van der Waals surface area contributed by atoms with Crippen molar-refractivity contribution in [1.29, 1.82) is 0 Å². The first-order chi connectivity index (χ1) is 12.0. The molecule has 2 aromatic rings. The zero-order chi connectivity index (χ0) is 18.0. The number of hydrogen-bond donors (Lipinski definition) is 2. The van der Waals surface area contributed by atoms with Crippen molar-refractivity contribution in [2.24, 2.45) is 0 Å². The number of ether oxygens (including phenoxy) is 1. The Kier molecular flexibility index (Phi) is 5.03. The summed E-state index contributed by atoms with van der Waals surface area (Å²) in [6, 6.07) is 5.87. The van der Waals surface area contributed by atoms with Crippen molar-refractivity contribution in [3.63, 3.8) is 0 Å². The molecule has 0 fully saturated rings. The van der Waals surface area contributed by atoms with Gasteiger partial charge < -0.3 is 19.8 Å². The van der Waals surface area contributed by atoms with Gasteiger partial charge in [0.25, 0.3) is 5.91 Å². The third kappa shape index (κ3) is 3.82. The standard InChI is InChI=1S/C18H24N4O3/c1-5-14-17(23)20-13-7-6-12(8-15(13)24-14)11(4)19-9-16-21-22-18(25-16)10(2)3/h6-8,10-11,14,19H,5,9H2,1-4H3,(H,20,23). The molecule has 0 saturated carbocycles. The number of aromatic nitrogens is 2. The van der Waals surface area contributed by atoms with Crippen molar-refractivity contribution in [2.75, 3.05) is 5.32 Å². The molecule has 2 atom stereocenters. The van der Waals surface area contributed by atoms with E-state index in [2.05, 4.69) is 27.8 Å². The third-order valence-corrected chi connectivity index (χ3v) is 4.23. The van der Waals surface area contributed by atoms with Gasteiger partial charge in [-0.25, -0.2) is 0 Å². The minimum Gasteiger partial charge on any atom is -0.478 e. The van der Waals surface area contributed by atoms with Crippen LogP contribution in [0.15, 0.2) is 22.6 Å². The fourth-order valence-electron chi connectivity index (χ4n) is 2.63. The highest BCUT2D eigenvalue weighted by atomic mass is 16.5. The van der Waals surface area contributed by atoms with Gasteiger partial charge in [-0.1, -0.05) is 26.8 Å². The second-order valence-corrected chi connectivity index (χ2v) is 6.55. The molecule has 1 aromatic carbocycles. The van der Waals surface area contributed by atoms with Crippen molar-refractivity contribution >= 4 is 11.6 Å². The lowest BCUT2D eigenvalue weighted by Gasteiger charge is -2.26. The number of carbonyl (C=O) groups is 1. The molecule has 0 spiro atoms. The number of nitrogens with one attached hydrogen (secondary N) is 2. The summed E-state index contributed by atoms with van der Waals surface area (Å²) < 4.78 is 11.4. The van der Waals surface area contributed by atoms with E-state index in [4.69, 9.17) is 9.15 Å². The van der Waals surface area contributed by atoms with E-state index in [0.717, 1.165) is 5.56 Å². The Labute approximate surface area is 147 Å². The van der Waals surface area contributed by atoms with E-state index in [1.165, 1.54) is 0 Å². The van der Waals surface area contributed by atoms with Gasteiger partial charge in [0.15, 0.2) is 6.10 Å². The van der Waals surface area contributed by atoms with E-state index in [0.29, 0.717) is 36.2 Å². The van der Waals surface area contributed by atoms with Crippen LogP contribution in [0.4, 0.5) is 5.69 Å². The van der Waals surface area contributed by atoms with Gasteiger partial charge in [-0.15, -0.1) is 10.2 Å². The van der Waals surface area contributed by atoms with Gasteiger partial charge in [0.2, 0.25) is 11.8 Å². The van der Waals surface area contributed by atoms with Crippen LogP contribution in [-0.4, -0.2) is 22.2 Å². The maximum absolute atomic E-state index is 11.8. The summed E-state index contributed by atoms with van der Waals surface area (Å²) in [5.41, 5.74) is 1.78. The molecule has 25 heavy (non-hydrogen) atoms. The van der Waals surface area contributed by atoms with Crippen LogP contribution in [0.25, 0.3) is 0 Å². The molecule has 1 amide bonds. The second kappa shape index (κ2) is 7.23. The number of carbonyl (C=O) groups excluding carboxylic acids is 1. The molecule has 0 bridgehead atoms. The Bertz CT molecular complexity index is 757. The molecule has 0 radical (unpaired) electrons. The van der Waals surface area contributed by atoms with E-state index in [1.54, 1.807) is 0 Å². The van der Waals surface area contributed by atoms with Gasteiger partial charge >= 0.3 is 0 Å². The van der Waals surface area contributed by atoms with Crippen LogP contribution in [0, 0.1) is 0 Å². The predicted molar refractivity (Wildman–Crippen MR) is 93.4 cm³/mol. The number of nitrogens with zero attached hydrogens (tertiary/aromatic N) is 2. The molecule has 2 unspecified atom stereocenters. The average Bonchev–Trinajstić information content (AvgIpc) is 3.08. The molecule has 3 rings (SSSR count). The van der Waals surface area contributed by atoms with Crippen molar-refractivity contribution < 1.29 is 13.9 Å². The number of amides is 1. The lowest BCUT2D eigenvalue weighted by atomic mass is 10.1. The van der Waals surface area contributed by atoms with Crippen LogP contribution in [0.2, 0.25) is 0 Å². The highest BCUT2D eigenvalue weighted by Crippen LogP contribution is 2.33. The summed E-state index contributed by atoms with van der Waals surface area (Å²) in [6.07, 6.45) is 0.206. The van der Waals surface area contributed by atoms with E-state index >= 15 is 0 Å². The maximum atomic E-state index is 11.8. The SMILES string of the molecule is CCC1Oc2cc(C(C)NCc3nnc(C(C)C)o3)ccc2NC1=O. The fraction of sp³-hybridized carbons (Fsp3) is 0.500. The molecule has 7 nitrogen and oxygen atoms in total. The first-order valence-electron chi connectivity index (χ1n) is 8.65. The van der Waals surface area contributed by atoms with E-state index in [1.807, 2.05) is 39.0 Å². The predicted octanol–water partition coefficient (Wildman–Crippen LogP) is 3.15. The van der Waals surface area contributed by atoms with Crippen molar-refractivity contribution in [3.8, 4) is 5.75 Å². The molecule has 1 aliphatic heterocycles. The number of hydrogen-bond acceptors (Lipinski definition) is 6. The summed E-state index contributed by atoms with van der Waals surface area (Å²) >= 11 is 0. The van der Waals surface area contributed by atoms with Crippen molar-refractivity contribution in [1.82, 2.24) is 15.5 Å². The van der Waals surface area contributed by atoms with Crippen molar-refractivity contribution in [2.45, 2.75) is 58.7 Å². The van der Waals surface area contributed by atoms with Crippen LogP contribution >= 0.6 is 0 Å². The molecule has 2 N–H and O–H groups in total. The van der Waals surface area contributed by atoms with Crippen molar-refractivity contribution in [3.05, 3.63) is 35.5 Å². The zero-order valence-electron chi connectivity index (χ0n) is 15.0. The van der Waals surface area contributed by atoms with Crippen LogP contribution in [0.5, 0.6) is 5.75 Å². The fourth-order valence-corrected chi connectivity index (χ4v) is 2.63. The Morgan fingerprint density at radius 2 is 2.08 bits per heavy atom. The molecule has 134 valence electrons. The molecule has 1 aromatic heterocycles. The summed E-state index contributed by atoms with van der Waals surface area (Å²) in [5, 5.41) is 14.3. The maximum Gasteiger partial charge on any atom is 0.265 e. The number of rotatable bonds is 6. The summed E-state index contributed by atoms with van der Waals surface area (Å²) in [6.45, 7) is 8.51. The Morgan fingerprint density at radius 1 is 1.28 bits per heavy atom. The summed E-state index contributed by atoms with van der Waals surface area (Å²) in [4.78, 5) is 11.8. The first kappa shape index (κ1) is 17.4. The summed E-state index contributed by atoms with van der Waals surface area (Å²) in [7, 11) is 0. The minimum absolute atomic E-state index is 0.0704. The van der Waals surface area contributed by atoms with Crippen LogP contribution in [0.3, 0.4) is 0 Å². The lowest BCUT2D eigenvalue weighted by molar-refractivity contribution is -0.123. The first-order valence-corrected chi connectivity index (χ1v) is 8.65. The Hall–Kier alpha value is -2.41.